The quantitative estimate of drug-likeness (QED) is 0.800. The number of halogens is 3. The van der Waals surface area contributed by atoms with E-state index in [4.69, 9.17) is 0 Å². The van der Waals surface area contributed by atoms with Crippen molar-refractivity contribution in [2.75, 3.05) is 30.5 Å². The summed E-state index contributed by atoms with van der Waals surface area (Å²) in [6.45, 7) is 0.264. The van der Waals surface area contributed by atoms with E-state index < -0.39 is 28.7 Å². The molecular formula is C16H21F3N2O4S. The SMILES string of the molecule is C[C@H](Nc1ccc(OCC(F)(F)F)cc1)C(=O)N(C)[C@@H]1CCS(=O)(=O)C1. The first kappa shape index (κ1) is 20.3. The summed E-state index contributed by atoms with van der Waals surface area (Å²) in [5.41, 5.74) is 0.539. The van der Waals surface area contributed by atoms with E-state index in [-0.39, 0.29) is 29.2 Å². The lowest BCUT2D eigenvalue weighted by Gasteiger charge is -2.27. The molecule has 0 bridgehead atoms. The molecule has 10 heteroatoms. The van der Waals surface area contributed by atoms with Crippen molar-refractivity contribution in [2.45, 2.75) is 31.6 Å². The monoisotopic (exact) mass is 394 g/mol. The smallest absolute Gasteiger partial charge is 0.422 e. The van der Waals surface area contributed by atoms with Gasteiger partial charge in [0.2, 0.25) is 5.91 Å². The minimum atomic E-state index is -4.41. The van der Waals surface area contributed by atoms with Crippen molar-refractivity contribution < 1.29 is 31.1 Å². The summed E-state index contributed by atoms with van der Waals surface area (Å²) in [6, 6.07) is 4.81. The van der Waals surface area contributed by atoms with E-state index in [1.165, 1.54) is 29.2 Å². The van der Waals surface area contributed by atoms with E-state index in [2.05, 4.69) is 10.1 Å². The highest BCUT2D eigenvalue weighted by atomic mass is 32.2. The summed E-state index contributed by atoms with van der Waals surface area (Å²) >= 11 is 0. The van der Waals surface area contributed by atoms with Gasteiger partial charge < -0.3 is 15.0 Å². The third kappa shape index (κ3) is 5.79. The van der Waals surface area contributed by atoms with Crippen molar-refractivity contribution in [1.82, 2.24) is 4.90 Å². The van der Waals surface area contributed by atoms with Crippen LogP contribution >= 0.6 is 0 Å². The first-order valence-corrected chi connectivity index (χ1v) is 9.82. The van der Waals surface area contributed by atoms with Gasteiger partial charge in [0.15, 0.2) is 16.4 Å². The van der Waals surface area contributed by atoms with Crippen molar-refractivity contribution >= 4 is 21.4 Å². The van der Waals surface area contributed by atoms with Gasteiger partial charge in [0, 0.05) is 18.8 Å². The number of hydrogen-bond donors (Lipinski definition) is 1. The zero-order valence-corrected chi connectivity index (χ0v) is 15.2. The van der Waals surface area contributed by atoms with Crippen LogP contribution in [0.2, 0.25) is 0 Å². The van der Waals surface area contributed by atoms with Crippen molar-refractivity contribution in [1.29, 1.82) is 0 Å². The maximum Gasteiger partial charge on any atom is 0.422 e. The minimum Gasteiger partial charge on any atom is -0.484 e. The Balaban J connectivity index is 1.90. The average molecular weight is 394 g/mol. The molecule has 0 spiro atoms. The van der Waals surface area contributed by atoms with Gasteiger partial charge in [-0.3, -0.25) is 4.79 Å². The molecule has 1 aliphatic rings. The maximum atomic E-state index is 12.4. The number of likely N-dealkylation sites (N-methyl/N-ethyl adjacent to an activating group) is 1. The van der Waals surface area contributed by atoms with Crippen molar-refractivity contribution in [3.05, 3.63) is 24.3 Å². The first-order chi connectivity index (χ1) is 12.0. The Morgan fingerprint density at radius 3 is 2.46 bits per heavy atom. The van der Waals surface area contributed by atoms with E-state index in [1.807, 2.05) is 0 Å². The molecule has 0 aromatic heterocycles. The molecule has 1 aromatic rings. The number of anilines is 1. The molecule has 1 aliphatic heterocycles. The van der Waals surface area contributed by atoms with E-state index in [0.717, 1.165) is 0 Å². The Kier molecular flexibility index (Phi) is 6.05. The summed E-state index contributed by atoms with van der Waals surface area (Å²) in [5, 5.41) is 2.95. The number of nitrogens with zero attached hydrogens (tertiary/aromatic N) is 1. The van der Waals surface area contributed by atoms with Gasteiger partial charge in [0.25, 0.3) is 0 Å². The number of rotatable bonds is 6. The fourth-order valence-corrected chi connectivity index (χ4v) is 4.46. The first-order valence-electron chi connectivity index (χ1n) is 8.00. The molecule has 1 aromatic carbocycles. The van der Waals surface area contributed by atoms with E-state index in [9.17, 15) is 26.4 Å². The van der Waals surface area contributed by atoms with Crippen LogP contribution in [0.3, 0.4) is 0 Å². The van der Waals surface area contributed by atoms with E-state index >= 15 is 0 Å². The normalized spacial score (nSPS) is 20.4. The molecule has 0 saturated carbocycles. The molecular weight excluding hydrogens is 373 g/mol. The van der Waals surface area contributed by atoms with Crippen LogP contribution in [-0.4, -0.2) is 62.6 Å². The molecule has 146 valence electrons. The Bertz CT molecular complexity index is 735. The lowest BCUT2D eigenvalue weighted by Crippen LogP contribution is -2.45. The maximum absolute atomic E-state index is 12.4. The zero-order valence-electron chi connectivity index (χ0n) is 14.4. The fourth-order valence-electron chi connectivity index (χ4n) is 2.69. The second kappa shape index (κ2) is 7.73. The van der Waals surface area contributed by atoms with Crippen LogP contribution in [0.1, 0.15) is 13.3 Å². The number of amides is 1. The van der Waals surface area contributed by atoms with Crippen molar-refractivity contribution in [3.63, 3.8) is 0 Å². The molecule has 26 heavy (non-hydrogen) atoms. The summed E-state index contributed by atoms with van der Waals surface area (Å²) in [6.07, 6.45) is -3.99. The van der Waals surface area contributed by atoms with Crippen LogP contribution in [0.15, 0.2) is 24.3 Å². The van der Waals surface area contributed by atoms with Crippen LogP contribution in [-0.2, 0) is 14.6 Å². The molecule has 0 aliphatic carbocycles. The standard InChI is InChI=1S/C16H21F3N2O4S/c1-11(15(22)21(2)13-7-8-26(23,24)9-13)20-12-3-5-14(6-4-12)25-10-16(17,18)19/h3-6,11,13,20H,7-10H2,1-2H3/t11-,13+/m0/s1. The molecule has 1 saturated heterocycles. The Hall–Kier alpha value is -1.97. The highest BCUT2D eigenvalue weighted by Crippen LogP contribution is 2.21. The fraction of sp³-hybridized carbons (Fsp3) is 0.562. The highest BCUT2D eigenvalue weighted by Gasteiger charge is 2.34. The van der Waals surface area contributed by atoms with E-state index in [1.54, 1.807) is 14.0 Å². The molecule has 6 nitrogen and oxygen atoms in total. The predicted octanol–water partition coefficient (Wildman–Crippen LogP) is 2.07. The number of hydrogen-bond acceptors (Lipinski definition) is 5. The second-order valence-corrected chi connectivity index (χ2v) is 8.53. The van der Waals surface area contributed by atoms with Crippen molar-refractivity contribution in [2.24, 2.45) is 0 Å². The van der Waals surface area contributed by atoms with Gasteiger partial charge in [0.05, 0.1) is 11.5 Å². The van der Waals surface area contributed by atoms with Gasteiger partial charge in [-0.05, 0) is 37.6 Å². The van der Waals surface area contributed by atoms with Gasteiger partial charge >= 0.3 is 6.18 Å². The molecule has 1 heterocycles. The van der Waals surface area contributed by atoms with Gasteiger partial charge in [-0.25, -0.2) is 8.42 Å². The van der Waals surface area contributed by atoms with Crippen LogP contribution in [0.5, 0.6) is 5.75 Å². The number of carbonyl (C=O) groups excluding carboxylic acids is 1. The third-order valence-electron chi connectivity index (χ3n) is 4.11. The Morgan fingerprint density at radius 1 is 1.35 bits per heavy atom. The Labute approximate surface area is 150 Å². The van der Waals surface area contributed by atoms with Gasteiger partial charge in [-0.2, -0.15) is 13.2 Å². The summed E-state index contributed by atoms with van der Waals surface area (Å²) in [7, 11) is -1.52. The molecule has 1 N–H and O–H groups in total. The zero-order chi connectivity index (χ0) is 19.5. The van der Waals surface area contributed by atoms with Crippen molar-refractivity contribution in [3.8, 4) is 5.75 Å². The number of sulfone groups is 1. The van der Waals surface area contributed by atoms with Gasteiger partial charge in [0.1, 0.15) is 11.8 Å². The molecule has 2 rings (SSSR count). The molecule has 2 atom stereocenters. The number of nitrogens with one attached hydrogen (secondary N) is 1. The number of alkyl halides is 3. The van der Waals surface area contributed by atoms with E-state index in [0.29, 0.717) is 12.1 Å². The lowest BCUT2D eigenvalue weighted by molar-refractivity contribution is -0.153. The number of ether oxygens (including phenoxy) is 1. The summed E-state index contributed by atoms with van der Waals surface area (Å²) < 4.78 is 64.0. The topological polar surface area (TPSA) is 75.7 Å². The van der Waals surface area contributed by atoms with Gasteiger partial charge in [-0.15, -0.1) is 0 Å². The number of carbonyl (C=O) groups is 1. The van der Waals surface area contributed by atoms with Crippen LogP contribution < -0.4 is 10.1 Å². The Morgan fingerprint density at radius 2 is 1.96 bits per heavy atom. The highest BCUT2D eigenvalue weighted by molar-refractivity contribution is 7.91. The predicted molar refractivity (Wildman–Crippen MR) is 90.9 cm³/mol. The van der Waals surface area contributed by atoms with Gasteiger partial charge in [-0.1, -0.05) is 0 Å². The van der Waals surface area contributed by atoms with Crippen LogP contribution in [0.4, 0.5) is 18.9 Å². The number of benzene rings is 1. The minimum absolute atomic E-state index is 0.0345. The molecule has 0 radical (unpaired) electrons. The molecule has 0 unspecified atom stereocenters. The van der Waals surface area contributed by atoms with Crippen LogP contribution in [0, 0.1) is 0 Å². The largest absolute Gasteiger partial charge is 0.484 e. The molecule has 1 fully saturated rings. The van der Waals surface area contributed by atoms with Crippen LogP contribution in [0.25, 0.3) is 0 Å². The second-order valence-electron chi connectivity index (χ2n) is 6.30. The average Bonchev–Trinajstić information content (AvgIpc) is 2.92. The summed E-state index contributed by atoms with van der Waals surface area (Å²) in [4.78, 5) is 13.9. The molecule has 1 amide bonds. The lowest BCUT2D eigenvalue weighted by atomic mass is 10.2. The summed E-state index contributed by atoms with van der Waals surface area (Å²) in [5.74, 6) is -0.145. The third-order valence-corrected chi connectivity index (χ3v) is 5.86.